The first-order valence-corrected chi connectivity index (χ1v) is 7.26. The fourth-order valence-electron chi connectivity index (χ4n) is 2.26. The third kappa shape index (κ3) is 2.28. The van der Waals surface area contributed by atoms with Gasteiger partial charge in [-0.2, -0.15) is 0 Å². The van der Waals surface area contributed by atoms with Crippen LogP contribution in [0.5, 0.6) is 0 Å². The molecule has 2 aromatic rings. The molecule has 1 fully saturated rings. The second-order valence-electron chi connectivity index (χ2n) is 4.34. The zero-order chi connectivity index (χ0) is 12.4. The fourth-order valence-corrected chi connectivity index (χ4v) is 3.69. The molecule has 1 aliphatic rings. The summed E-state index contributed by atoms with van der Waals surface area (Å²) in [7, 11) is 0. The highest BCUT2D eigenvalue weighted by Gasteiger charge is 2.36. The van der Waals surface area contributed by atoms with E-state index in [4.69, 9.17) is 11.6 Å². The number of aromatic nitrogens is 2. The van der Waals surface area contributed by atoms with Crippen molar-refractivity contribution in [1.82, 2.24) is 14.9 Å². The Hall–Kier alpha value is -0.970. The lowest BCUT2D eigenvalue weighted by atomic mass is 10.1. The van der Waals surface area contributed by atoms with Crippen LogP contribution in [0.4, 0.5) is 0 Å². The number of hydrogen-bond acceptors (Lipinski definition) is 3. The predicted molar refractivity (Wildman–Crippen MR) is 75.8 cm³/mol. The Morgan fingerprint density at radius 2 is 2.22 bits per heavy atom. The van der Waals surface area contributed by atoms with Crippen molar-refractivity contribution in [2.45, 2.75) is 11.4 Å². The molecule has 5 heteroatoms. The maximum atomic E-state index is 5.96. The van der Waals surface area contributed by atoms with Crippen molar-refractivity contribution in [3.8, 4) is 0 Å². The molecule has 1 atom stereocenters. The summed E-state index contributed by atoms with van der Waals surface area (Å²) in [4.78, 5) is 4.04. The average molecular weight is 280 g/mol. The van der Waals surface area contributed by atoms with Crippen LogP contribution in [0, 0.1) is 0 Å². The molecule has 0 saturated carbocycles. The number of nitrogens with one attached hydrogen (secondary N) is 1. The second kappa shape index (κ2) is 4.96. The summed E-state index contributed by atoms with van der Waals surface area (Å²) in [6.07, 6.45) is 5.67. The van der Waals surface area contributed by atoms with Crippen LogP contribution in [-0.2, 0) is 11.4 Å². The predicted octanol–water partition coefficient (Wildman–Crippen LogP) is 2.73. The Kier molecular flexibility index (Phi) is 3.33. The summed E-state index contributed by atoms with van der Waals surface area (Å²) >= 11 is 7.91. The van der Waals surface area contributed by atoms with Gasteiger partial charge in [-0.3, -0.25) is 5.32 Å². The van der Waals surface area contributed by atoms with Gasteiger partial charge in [0.15, 0.2) is 0 Å². The summed E-state index contributed by atoms with van der Waals surface area (Å²) in [5.74, 6) is 1.12. The number of hydrogen-bond donors (Lipinski definition) is 1. The third-order valence-electron chi connectivity index (χ3n) is 3.14. The number of thioether (sulfide) groups is 1. The molecule has 1 unspecified atom stereocenters. The number of halogens is 1. The van der Waals surface area contributed by atoms with Gasteiger partial charge in [0.05, 0.1) is 12.9 Å². The van der Waals surface area contributed by atoms with E-state index in [1.807, 2.05) is 42.6 Å². The number of rotatable bonds is 3. The number of nitrogens with zero attached hydrogens (tertiary/aromatic N) is 2. The second-order valence-corrected chi connectivity index (χ2v) is 6.17. The summed E-state index contributed by atoms with van der Waals surface area (Å²) in [5, 5.41) is 4.39. The van der Waals surface area contributed by atoms with Gasteiger partial charge in [-0.05, 0) is 17.7 Å². The van der Waals surface area contributed by atoms with E-state index in [9.17, 15) is 0 Å². The Labute approximate surface area is 116 Å². The Morgan fingerprint density at radius 1 is 1.39 bits per heavy atom. The van der Waals surface area contributed by atoms with Crippen molar-refractivity contribution in [1.29, 1.82) is 0 Å². The van der Waals surface area contributed by atoms with Crippen molar-refractivity contribution in [2.24, 2.45) is 0 Å². The first kappa shape index (κ1) is 12.1. The molecule has 0 spiro atoms. The Morgan fingerprint density at radius 3 is 2.83 bits per heavy atom. The molecule has 1 saturated heterocycles. The molecule has 3 nitrogen and oxygen atoms in total. The zero-order valence-electron chi connectivity index (χ0n) is 9.84. The highest BCUT2D eigenvalue weighted by molar-refractivity contribution is 8.00. The molecular weight excluding hydrogens is 266 g/mol. The summed E-state index contributed by atoms with van der Waals surface area (Å²) in [5.41, 5.74) is 1.27. The molecule has 94 valence electrons. The largest absolute Gasteiger partial charge is 0.334 e. The van der Waals surface area contributed by atoms with Gasteiger partial charge in [0.1, 0.15) is 4.87 Å². The standard InChI is InChI=1S/C13H14ClN3S/c14-12-3-1-11(2-4-12)13(16-6-8-18-13)9-17-7-5-15-10-17/h1-5,7,10,16H,6,8-9H2. The van der Waals surface area contributed by atoms with Crippen LogP contribution in [0.25, 0.3) is 0 Å². The quantitative estimate of drug-likeness (QED) is 0.937. The van der Waals surface area contributed by atoms with E-state index in [1.165, 1.54) is 5.56 Å². The van der Waals surface area contributed by atoms with Crippen molar-refractivity contribution in [3.05, 3.63) is 53.6 Å². The molecule has 18 heavy (non-hydrogen) atoms. The van der Waals surface area contributed by atoms with Gasteiger partial charge in [0.2, 0.25) is 0 Å². The lowest BCUT2D eigenvalue weighted by molar-refractivity contribution is 0.447. The van der Waals surface area contributed by atoms with E-state index >= 15 is 0 Å². The summed E-state index contributed by atoms with van der Waals surface area (Å²) < 4.78 is 2.11. The van der Waals surface area contributed by atoms with Gasteiger partial charge >= 0.3 is 0 Å². The molecule has 0 aliphatic carbocycles. The maximum absolute atomic E-state index is 5.96. The molecule has 2 heterocycles. The van der Waals surface area contributed by atoms with Crippen molar-refractivity contribution in [3.63, 3.8) is 0 Å². The number of benzene rings is 1. The SMILES string of the molecule is Clc1ccc(C2(Cn3ccnc3)NCCS2)cc1. The van der Waals surface area contributed by atoms with E-state index < -0.39 is 0 Å². The van der Waals surface area contributed by atoms with Gasteiger partial charge < -0.3 is 4.57 Å². The number of imidazole rings is 1. The van der Waals surface area contributed by atoms with E-state index in [1.54, 1.807) is 0 Å². The Bertz CT molecular complexity index is 504. The van der Waals surface area contributed by atoms with Gasteiger partial charge in [-0.15, -0.1) is 11.8 Å². The van der Waals surface area contributed by atoms with Gasteiger partial charge in [0.25, 0.3) is 0 Å². The lowest BCUT2D eigenvalue weighted by Gasteiger charge is -2.29. The summed E-state index contributed by atoms with van der Waals surface area (Å²) in [6, 6.07) is 8.11. The van der Waals surface area contributed by atoms with Crippen LogP contribution >= 0.6 is 23.4 Å². The minimum Gasteiger partial charge on any atom is -0.334 e. The van der Waals surface area contributed by atoms with Crippen LogP contribution in [-0.4, -0.2) is 21.8 Å². The summed E-state index contributed by atoms with van der Waals surface area (Å²) in [6.45, 7) is 1.90. The molecule has 3 rings (SSSR count). The molecule has 0 amide bonds. The van der Waals surface area contributed by atoms with Crippen LogP contribution in [0.3, 0.4) is 0 Å². The third-order valence-corrected chi connectivity index (χ3v) is 4.80. The molecule has 1 aromatic heterocycles. The first-order valence-electron chi connectivity index (χ1n) is 5.89. The minimum atomic E-state index is -0.0642. The molecule has 0 bridgehead atoms. The smallest absolute Gasteiger partial charge is 0.108 e. The monoisotopic (exact) mass is 279 g/mol. The normalized spacial score (nSPS) is 23.4. The highest BCUT2D eigenvalue weighted by Crippen LogP contribution is 2.39. The van der Waals surface area contributed by atoms with Crippen LogP contribution < -0.4 is 5.32 Å². The van der Waals surface area contributed by atoms with E-state index in [0.29, 0.717) is 0 Å². The molecule has 1 aliphatic heterocycles. The molecule has 1 N–H and O–H groups in total. The van der Waals surface area contributed by atoms with Crippen molar-refractivity contribution >= 4 is 23.4 Å². The van der Waals surface area contributed by atoms with Crippen LogP contribution in [0.15, 0.2) is 43.0 Å². The van der Waals surface area contributed by atoms with Crippen LogP contribution in [0.1, 0.15) is 5.56 Å². The van der Waals surface area contributed by atoms with Crippen molar-refractivity contribution < 1.29 is 0 Å². The molecular formula is C13H14ClN3S. The molecule has 1 aromatic carbocycles. The van der Waals surface area contributed by atoms with Crippen LogP contribution in [0.2, 0.25) is 5.02 Å². The average Bonchev–Trinajstić information content (AvgIpc) is 3.03. The van der Waals surface area contributed by atoms with E-state index in [0.717, 1.165) is 23.9 Å². The fraction of sp³-hybridized carbons (Fsp3) is 0.308. The minimum absolute atomic E-state index is 0.0642. The maximum Gasteiger partial charge on any atom is 0.108 e. The lowest BCUT2D eigenvalue weighted by Crippen LogP contribution is -2.38. The van der Waals surface area contributed by atoms with E-state index in [2.05, 4.69) is 27.0 Å². The topological polar surface area (TPSA) is 29.9 Å². The Balaban J connectivity index is 1.93. The van der Waals surface area contributed by atoms with E-state index in [-0.39, 0.29) is 4.87 Å². The van der Waals surface area contributed by atoms with Gasteiger partial charge in [-0.1, -0.05) is 23.7 Å². The highest BCUT2D eigenvalue weighted by atomic mass is 35.5. The van der Waals surface area contributed by atoms with Gasteiger partial charge in [0, 0.05) is 29.7 Å². The van der Waals surface area contributed by atoms with Crippen molar-refractivity contribution in [2.75, 3.05) is 12.3 Å². The van der Waals surface area contributed by atoms with Gasteiger partial charge in [-0.25, -0.2) is 4.98 Å². The first-order chi connectivity index (χ1) is 8.78. The zero-order valence-corrected chi connectivity index (χ0v) is 11.4. The molecule has 0 radical (unpaired) electrons.